The Morgan fingerprint density at radius 1 is 1.73 bits per heavy atom. The van der Waals surface area contributed by atoms with Crippen molar-refractivity contribution >= 4 is 11.3 Å². The second kappa shape index (κ2) is 2.53. The van der Waals surface area contributed by atoms with Gasteiger partial charge in [0.15, 0.2) is 0 Å². The second-order valence-corrected chi connectivity index (χ2v) is 3.87. The van der Waals surface area contributed by atoms with Crippen LogP contribution in [-0.2, 0) is 6.42 Å². The molecule has 1 aliphatic heterocycles. The van der Waals surface area contributed by atoms with Crippen molar-refractivity contribution in [1.82, 2.24) is 10.3 Å². The largest absolute Gasteiger partial charge is 0.310 e. The molecule has 0 radical (unpaired) electrons. The Balaban J connectivity index is 2.00. The molecule has 1 saturated heterocycles. The first-order chi connectivity index (χ1) is 5.29. The number of aromatic nitrogens is 1. The van der Waals surface area contributed by atoms with Gasteiger partial charge in [-0.2, -0.15) is 0 Å². The molecule has 1 aromatic heterocycles. The van der Waals surface area contributed by atoms with Gasteiger partial charge < -0.3 is 5.32 Å². The van der Waals surface area contributed by atoms with E-state index in [4.69, 9.17) is 0 Å². The summed E-state index contributed by atoms with van der Waals surface area (Å²) in [6, 6.07) is 0. The van der Waals surface area contributed by atoms with Crippen LogP contribution in [0.2, 0.25) is 0 Å². The van der Waals surface area contributed by atoms with Gasteiger partial charge in [0.05, 0.1) is 5.51 Å². The monoisotopic (exact) mass is 172 g/mol. The van der Waals surface area contributed by atoms with Gasteiger partial charge in [0.2, 0.25) is 0 Å². The number of nitrogens with one attached hydrogen (secondary N) is 1. The molecule has 4 heteroatoms. The highest BCUT2D eigenvalue weighted by Crippen LogP contribution is 2.23. The summed E-state index contributed by atoms with van der Waals surface area (Å²) in [6.07, 6.45) is 2.26. The Morgan fingerprint density at radius 2 is 2.55 bits per heavy atom. The van der Waals surface area contributed by atoms with Crippen LogP contribution in [-0.4, -0.2) is 23.7 Å². The first kappa shape index (κ1) is 7.18. The number of hydrogen-bond acceptors (Lipinski definition) is 3. The third-order valence-corrected chi connectivity index (χ3v) is 2.64. The summed E-state index contributed by atoms with van der Waals surface area (Å²) in [6.45, 7) is 0.982. The number of hydrogen-bond donors (Lipinski definition) is 1. The Hall–Kier alpha value is -0.480. The Morgan fingerprint density at radius 3 is 3.00 bits per heavy atom. The van der Waals surface area contributed by atoms with E-state index in [1.165, 1.54) is 11.3 Å². The first-order valence-corrected chi connectivity index (χ1v) is 4.43. The van der Waals surface area contributed by atoms with Gasteiger partial charge in [-0.25, -0.2) is 4.39 Å². The lowest BCUT2D eigenvalue weighted by Gasteiger charge is -2.34. The summed E-state index contributed by atoms with van der Waals surface area (Å²) in [7, 11) is 0. The molecule has 1 aromatic rings. The fourth-order valence-electron chi connectivity index (χ4n) is 1.16. The third-order valence-electron chi connectivity index (χ3n) is 1.86. The second-order valence-electron chi connectivity index (χ2n) is 2.90. The van der Waals surface area contributed by atoms with Crippen LogP contribution in [0.25, 0.3) is 0 Å². The van der Waals surface area contributed by atoms with Crippen LogP contribution in [0.15, 0.2) is 11.7 Å². The van der Waals surface area contributed by atoms with Gasteiger partial charge in [-0.05, 0) is 0 Å². The predicted octanol–water partition coefficient (Wildman–Crippen LogP) is 0.997. The number of nitrogens with zero attached hydrogens (tertiary/aromatic N) is 1. The van der Waals surface area contributed by atoms with Gasteiger partial charge in [-0.3, -0.25) is 4.98 Å². The Bertz CT molecular complexity index is 231. The molecule has 0 amide bonds. The van der Waals surface area contributed by atoms with E-state index in [2.05, 4.69) is 10.3 Å². The Kier molecular flexibility index (Phi) is 1.65. The van der Waals surface area contributed by atoms with Crippen molar-refractivity contribution in [3.63, 3.8) is 0 Å². The zero-order valence-electron chi connectivity index (χ0n) is 6.01. The van der Waals surface area contributed by atoms with Crippen molar-refractivity contribution in [2.45, 2.75) is 12.1 Å². The maximum Gasteiger partial charge on any atom is 0.140 e. The lowest BCUT2D eigenvalue weighted by molar-refractivity contribution is 0.0920. The highest BCUT2D eigenvalue weighted by molar-refractivity contribution is 7.09. The zero-order chi connectivity index (χ0) is 7.73. The predicted molar refractivity (Wildman–Crippen MR) is 42.5 cm³/mol. The summed E-state index contributed by atoms with van der Waals surface area (Å²) in [5.41, 5.74) is 0.747. The lowest BCUT2D eigenvalue weighted by atomic mass is 9.95. The van der Waals surface area contributed by atoms with Crippen LogP contribution < -0.4 is 5.32 Å². The van der Waals surface area contributed by atoms with Crippen molar-refractivity contribution < 1.29 is 4.39 Å². The van der Waals surface area contributed by atoms with E-state index >= 15 is 0 Å². The van der Waals surface area contributed by atoms with Crippen molar-refractivity contribution in [1.29, 1.82) is 0 Å². The van der Waals surface area contributed by atoms with Gasteiger partial charge in [0.1, 0.15) is 5.67 Å². The van der Waals surface area contributed by atoms with Crippen LogP contribution in [0.3, 0.4) is 0 Å². The van der Waals surface area contributed by atoms with E-state index in [0.29, 0.717) is 19.5 Å². The van der Waals surface area contributed by atoms with Crippen molar-refractivity contribution in [3.05, 3.63) is 16.6 Å². The Labute approximate surface area is 68.5 Å². The number of alkyl halides is 1. The average Bonchev–Trinajstić information content (AvgIpc) is 2.36. The molecular weight excluding hydrogens is 163 g/mol. The number of rotatable bonds is 2. The average molecular weight is 172 g/mol. The van der Waals surface area contributed by atoms with Crippen LogP contribution in [0, 0.1) is 0 Å². The molecule has 11 heavy (non-hydrogen) atoms. The minimum absolute atomic E-state index is 0.491. The molecule has 0 saturated carbocycles. The van der Waals surface area contributed by atoms with E-state index in [9.17, 15) is 4.39 Å². The molecule has 1 N–H and O–H groups in total. The van der Waals surface area contributed by atoms with Crippen molar-refractivity contribution in [2.75, 3.05) is 13.1 Å². The molecule has 0 bridgehead atoms. The summed E-state index contributed by atoms with van der Waals surface area (Å²) >= 11 is 1.52. The molecule has 0 unspecified atom stereocenters. The maximum atomic E-state index is 13.4. The molecule has 0 spiro atoms. The zero-order valence-corrected chi connectivity index (χ0v) is 6.83. The van der Waals surface area contributed by atoms with Gasteiger partial charge >= 0.3 is 0 Å². The van der Waals surface area contributed by atoms with Gasteiger partial charge in [0, 0.05) is 30.6 Å². The van der Waals surface area contributed by atoms with Gasteiger partial charge in [-0.1, -0.05) is 0 Å². The number of thiazole rings is 1. The summed E-state index contributed by atoms with van der Waals surface area (Å²) < 4.78 is 13.4. The highest BCUT2D eigenvalue weighted by Gasteiger charge is 2.37. The fourth-order valence-corrected chi connectivity index (χ4v) is 1.88. The smallest absolute Gasteiger partial charge is 0.140 e. The van der Waals surface area contributed by atoms with Crippen LogP contribution >= 0.6 is 11.3 Å². The minimum atomic E-state index is -0.994. The minimum Gasteiger partial charge on any atom is -0.310 e. The molecule has 1 aliphatic rings. The van der Waals surface area contributed by atoms with E-state index in [-0.39, 0.29) is 0 Å². The van der Waals surface area contributed by atoms with E-state index in [1.807, 2.05) is 0 Å². The SMILES string of the molecule is FC1(Cc2cncs2)CNC1. The van der Waals surface area contributed by atoms with Crippen LogP contribution in [0.5, 0.6) is 0 Å². The normalized spacial score (nSPS) is 21.2. The molecule has 2 heterocycles. The molecule has 1 fully saturated rings. The molecule has 2 rings (SSSR count). The molecule has 2 nitrogen and oxygen atoms in total. The molecule has 0 aliphatic carbocycles. The lowest BCUT2D eigenvalue weighted by Crippen LogP contribution is -2.57. The van der Waals surface area contributed by atoms with E-state index < -0.39 is 5.67 Å². The quantitative estimate of drug-likeness (QED) is 0.719. The molecule has 60 valence electrons. The third kappa shape index (κ3) is 1.41. The van der Waals surface area contributed by atoms with Gasteiger partial charge in [-0.15, -0.1) is 11.3 Å². The van der Waals surface area contributed by atoms with Crippen molar-refractivity contribution in [3.8, 4) is 0 Å². The molecular formula is C7H9FN2S. The summed E-state index contributed by atoms with van der Waals surface area (Å²) in [5.74, 6) is 0. The van der Waals surface area contributed by atoms with Crippen LogP contribution in [0.1, 0.15) is 4.88 Å². The van der Waals surface area contributed by atoms with Crippen LogP contribution in [0.4, 0.5) is 4.39 Å². The topological polar surface area (TPSA) is 24.9 Å². The van der Waals surface area contributed by atoms with E-state index in [1.54, 1.807) is 11.7 Å². The molecule has 0 atom stereocenters. The summed E-state index contributed by atoms with van der Waals surface area (Å²) in [5, 5.41) is 2.92. The van der Waals surface area contributed by atoms with E-state index in [0.717, 1.165) is 4.88 Å². The summed E-state index contributed by atoms with van der Waals surface area (Å²) in [4.78, 5) is 4.93. The number of halogens is 1. The maximum absolute atomic E-state index is 13.4. The molecule has 0 aromatic carbocycles. The highest BCUT2D eigenvalue weighted by atomic mass is 32.1. The van der Waals surface area contributed by atoms with Crippen molar-refractivity contribution in [2.24, 2.45) is 0 Å². The first-order valence-electron chi connectivity index (χ1n) is 3.56. The van der Waals surface area contributed by atoms with Gasteiger partial charge in [0.25, 0.3) is 0 Å². The fraction of sp³-hybridized carbons (Fsp3) is 0.571. The standard InChI is InChI=1S/C7H9FN2S/c8-7(3-10-4-7)1-6-2-9-5-11-6/h2,5,10H,1,3-4H2.